The van der Waals surface area contributed by atoms with Crippen LogP contribution in [0.25, 0.3) is 0 Å². The monoisotopic (exact) mass is 340 g/mol. The molecule has 110 valence electrons. The van der Waals surface area contributed by atoms with Crippen LogP contribution in [-0.2, 0) is 0 Å². The zero-order valence-corrected chi connectivity index (χ0v) is 14.2. The van der Waals surface area contributed by atoms with Crippen LogP contribution in [0.2, 0.25) is 10.0 Å². The van der Waals surface area contributed by atoms with Gasteiger partial charge in [-0.3, -0.25) is 4.79 Å². The van der Waals surface area contributed by atoms with Gasteiger partial charge in [-0.05, 0) is 44.5 Å². The molecule has 0 aliphatic heterocycles. The van der Waals surface area contributed by atoms with Crippen molar-refractivity contribution in [3.05, 3.63) is 50.8 Å². The van der Waals surface area contributed by atoms with E-state index in [1.165, 1.54) is 11.8 Å². The Morgan fingerprint density at radius 3 is 2.33 bits per heavy atom. The van der Waals surface area contributed by atoms with Crippen LogP contribution < -0.4 is 0 Å². The number of benzene rings is 1. The first-order valence-electron chi connectivity index (χ1n) is 6.31. The van der Waals surface area contributed by atoms with E-state index in [-0.39, 0.29) is 11.5 Å². The number of carbonyl (C=O) groups is 1. The van der Waals surface area contributed by atoms with Crippen molar-refractivity contribution in [3.63, 3.8) is 0 Å². The van der Waals surface area contributed by atoms with Gasteiger partial charge in [0.25, 0.3) is 0 Å². The van der Waals surface area contributed by atoms with E-state index in [4.69, 9.17) is 23.2 Å². The van der Waals surface area contributed by atoms with Crippen LogP contribution in [0.1, 0.15) is 27.3 Å². The molecule has 0 radical (unpaired) electrons. The molecule has 0 N–H and O–H groups in total. The second-order valence-electron chi connectivity index (χ2n) is 4.64. The van der Waals surface area contributed by atoms with Crippen molar-refractivity contribution in [2.75, 3.05) is 5.75 Å². The fraction of sp³-hybridized carbons (Fsp3) is 0.267. The van der Waals surface area contributed by atoms with Gasteiger partial charge in [0.1, 0.15) is 0 Å². The second kappa shape index (κ2) is 6.77. The molecule has 0 saturated heterocycles. The van der Waals surface area contributed by atoms with E-state index in [1.807, 2.05) is 20.8 Å². The Kier molecular flexibility index (Phi) is 5.25. The third kappa shape index (κ3) is 3.96. The Bertz CT molecular complexity index is 681. The van der Waals surface area contributed by atoms with Gasteiger partial charge in [-0.1, -0.05) is 35.0 Å². The molecule has 2 aromatic rings. The van der Waals surface area contributed by atoms with Gasteiger partial charge < -0.3 is 0 Å². The summed E-state index contributed by atoms with van der Waals surface area (Å²) < 4.78 is 0. The minimum atomic E-state index is -0.0684. The molecule has 0 bridgehead atoms. The Hall–Kier alpha value is -1.10. The van der Waals surface area contributed by atoms with Gasteiger partial charge in [-0.25, -0.2) is 9.97 Å². The summed E-state index contributed by atoms with van der Waals surface area (Å²) in [4.78, 5) is 20.9. The summed E-state index contributed by atoms with van der Waals surface area (Å²) in [7, 11) is 0. The van der Waals surface area contributed by atoms with Crippen molar-refractivity contribution in [3.8, 4) is 0 Å². The molecule has 21 heavy (non-hydrogen) atoms. The molecule has 1 heterocycles. The van der Waals surface area contributed by atoms with Crippen LogP contribution >= 0.6 is 35.0 Å². The molecule has 0 aliphatic carbocycles. The number of halogens is 2. The highest BCUT2D eigenvalue weighted by Gasteiger charge is 2.13. The lowest BCUT2D eigenvalue weighted by Crippen LogP contribution is -2.05. The largest absolute Gasteiger partial charge is 0.293 e. The van der Waals surface area contributed by atoms with Crippen molar-refractivity contribution in [1.29, 1.82) is 0 Å². The van der Waals surface area contributed by atoms with Crippen LogP contribution in [0.5, 0.6) is 0 Å². The number of thioether (sulfide) groups is 1. The average molecular weight is 341 g/mol. The number of Topliss-reactive ketones (excluding diaryl/α,β-unsaturated/α-hetero) is 1. The van der Waals surface area contributed by atoms with Gasteiger partial charge in [0, 0.05) is 22.0 Å². The second-order valence-corrected chi connectivity index (χ2v) is 6.42. The molecule has 1 aromatic heterocycles. The summed E-state index contributed by atoms with van der Waals surface area (Å²) in [6.07, 6.45) is 0. The summed E-state index contributed by atoms with van der Waals surface area (Å²) in [5.41, 5.74) is 3.41. The molecule has 0 spiro atoms. The Morgan fingerprint density at radius 1 is 1.14 bits per heavy atom. The Balaban J connectivity index is 2.11. The van der Waals surface area contributed by atoms with Crippen molar-refractivity contribution < 1.29 is 4.79 Å². The smallest absolute Gasteiger partial charge is 0.188 e. The van der Waals surface area contributed by atoms with Crippen molar-refractivity contribution in [2.45, 2.75) is 25.9 Å². The molecule has 1 aromatic carbocycles. The molecule has 0 fully saturated rings. The predicted octanol–water partition coefficient (Wildman–Crippen LogP) is 4.68. The number of hydrogen-bond acceptors (Lipinski definition) is 4. The maximum Gasteiger partial charge on any atom is 0.188 e. The highest BCUT2D eigenvalue weighted by molar-refractivity contribution is 7.99. The first-order valence-corrected chi connectivity index (χ1v) is 8.05. The van der Waals surface area contributed by atoms with Crippen LogP contribution in [-0.4, -0.2) is 21.5 Å². The van der Waals surface area contributed by atoms with Gasteiger partial charge in [0.15, 0.2) is 10.9 Å². The lowest BCUT2D eigenvalue weighted by Gasteiger charge is -2.07. The van der Waals surface area contributed by atoms with Crippen molar-refractivity contribution in [2.24, 2.45) is 0 Å². The average Bonchev–Trinajstić information content (AvgIpc) is 2.42. The van der Waals surface area contributed by atoms with Gasteiger partial charge in [0.05, 0.1) is 10.8 Å². The number of aromatic nitrogens is 2. The highest BCUT2D eigenvalue weighted by Crippen LogP contribution is 2.24. The molecule has 3 nitrogen and oxygen atoms in total. The molecule has 0 amide bonds. The first kappa shape index (κ1) is 16.3. The van der Waals surface area contributed by atoms with Gasteiger partial charge in [-0.15, -0.1) is 0 Å². The van der Waals surface area contributed by atoms with E-state index in [0.717, 1.165) is 17.0 Å². The SMILES string of the molecule is Cc1nc(SCC(=O)c2ccc(Cl)cc2Cl)nc(C)c1C. The van der Waals surface area contributed by atoms with E-state index in [1.54, 1.807) is 18.2 Å². The maximum absolute atomic E-state index is 12.2. The molecule has 6 heteroatoms. The van der Waals surface area contributed by atoms with Crippen LogP contribution in [0.15, 0.2) is 23.4 Å². The number of hydrogen-bond donors (Lipinski definition) is 0. The van der Waals surface area contributed by atoms with E-state index < -0.39 is 0 Å². The summed E-state index contributed by atoms with van der Waals surface area (Å²) in [6, 6.07) is 4.86. The number of carbonyl (C=O) groups excluding carboxylic acids is 1. The van der Waals surface area contributed by atoms with Gasteiger partial charge >= 0.3 is 0 Å². The zero-order valence-electron chi connectivity index (χ0n) is 11.9. The molecule has 0 aliphatic rings. The molecular weight excluding hydrogens is 327 g/mol. The van der Waals surface area contributed by atoms with Crippen molar-refractivity contribution in [1.82, 2.24) is 9.97 Å². The summed E-state index contributed by atoms with van der Waals surface area (Å²) >= 11 is 13.2. The van der Waals surface area contributed by atoms with Crippen LogP contribution in [0.4, 0.5) is 0 Å². The zero-order chi connectivity index (χ0) is 15.6. The minimum Gasteiger partial charge on any atom is -0.293 e. The van der Waals surface area contributed by atoms with E-state index >= 15 is 0 Å². The third-order valence-electron chi connectivity index (χ3n) is 3.18. The van der Waals surface area contributed by atoms with E-state index in [9.17, 15) is 4.79 Å². The molecule has 0 saturated carbocycles. The standard InChI is InChI=1S/C15H14Cl2N2OS/c1-8-9(2)18-15(19-10(8)3)21-7-14(20)12-5-4-11(16)6-13(12)17/h4-6H,7H2,1-3H3. The lowest BCUT2D eigenvalue weighted by atomic mass is 10.1. The third-order valence-corrected chi connectivity index (χ3v) is 4.57. The first-order chi connectivity index (χ1) is 9.88. The van der Waals surface area contributed by atoms with E-state index in [0.29, 0.717) is 20.8 Å². The highest BCUT2D eigenvalue weighted by atomic mass is 35.5. The van der Waals surface area contributed by atoms with Gasteiger partial charge in [-0.2, -0.15) is 0 Å². The summed E-state index contributed by atoms with van der Waals surface area (Å²) in [5.74, 6) is 0.171. The van der Waals surface area contributed by atoms with Gasteiger partial charge in [0.2, 0.25) is 0 Å². The lowest BCUT2D eigenvalue weighted by molar-refractivity contribution is 0.102. The van der Waals surface area contributed by atoms with E-state index in [2.05, 4.69) is 9.97 Å². The Morgan fingerprint density at radius 2 is 1.76 bits per heavy atom. The quantitative estimate of drug-likeness (QED) is 0.460. The molecule has 0 atom stereocenters. The van der Waals surface area contributed by atoms with Crippen LogP contribution in [0.3, 0.4) is 0 Å². The normalized spacial score (nSPS) is 10.7. The molecule has 0 unspecified atom stereocenters. The predicted molar refractivity (Wildman–Crippen MR) is 87.8 cm³/mol. The fourth-order valence-corrected chi connectivity index (χ4v) is 3.06. The fourth-order valence-electron chi connectivity index (χ4n) is 1.73. The number of nitrogens with zero attached hydrogens (tertiary/aromatic N) is 2. The number of aryl methyl sites for hydroxylation is 2. The summed E-state index contributed by atoms with van der Waals surface area (Å²) in [5, 5.41) is 1.48. The summed E-state index contributed by atoms with van der Waals surface area (Å²) in [6.45, 7) is 5.86. The molecule has 2 rings (SSSR count). The number of ketones is 1. The van der Waals surface area contributed by atoms with Crippen molar-refractivity contribution >= 4 is 40.7 Å². The minimum absolute atomic E-state index is 0.0684. The Labute approximate surface area is 138 Å². The maximum atomic E-state index is 12.2. The molecular formula is C15H14Cl2N2OS. The van der Waals surface area contributed by atoms with Crippen LogP contribution in [0, 0.1) is 20.8 Å². The number of rotatable bonds is 4. The topological polar surface area (TPSA) is 42.9 Å².